The first-order chi connectivity index (χ1) is 23.4. The summed E-state index contributed by atoms with van der Waals surface area (Å²) in [5.74, 6) is -0.129. The zero-order valence-corrected chi connectivity index (χ0v) is 30.1. The third-order valence-electron chi connectivity index (χ3n) is 9.36. The van der Waals surface area contributed by atoms with Crippen LogP contribution in [0.25, 0.3) is 0 Å². The molecule has 2 atom stereocenters. The summed E-state index contributed by atoms with van der Waals surface area (Å²) >= 11 is 0. The number of carbonyl (C=O) groups is 1. The van der Waals surface area contributed by atoms with Crippen LogP contribution in [-0.2, 0) is 4.79 Å². The average molecular weight is 705 g/mol. The van der Waals surface area contributed by atoms with Crippen LogP contribution in [0.2, 0.25) is 0 Å². The number of nitro groups is 1. The van der Waals surface area contributed by atoms with Gasteiger partial charge in [0.2, 0.25) is 5.91 Å². The second kappa shape index (κ2) is 20.8. The maximum Gasteiger partial charge on any atom is 0.269 e. The normalized spacial score (nSPS) is 12.5. The summed E-state index contributed by atoms with van der Waals surface area (Å²) in [5.41, 5.74) is 0.341. The molecule has 0 unspecified atom stereocenters. The Labute approximate surface area is 298 Å². The van der Waals surface area contributed by atoms with E-state index in [1.165, 1.54) is 77.2 Å². The SMILES string of the molecule is CN(C(=O)CCCCCCCCCCC[P+](c1ccccc1)(c1ccccc1)c1ccccc1)[C@H](CO)[C@H](O)c1ccc([N+](=O)[O-])cc1.[Cl-]. The van der Waals surface area contributed by atoms with Crippen molar-refractivity contribution in [2.45, 2.75) is 76.4 Å². The second-order valence-electron chi connectivity index (χ2n) is 12.5. The van der Waals surface area contributed by atoms with Crippen LogP contribution < -0.4 is 28.3 Å². The quantitative estimate of drug-likeness (QED) is 0.0617. The number of carbonyl (C=O) groups excluding carboxylic acids is 1. The molecule has 1 amide bonds. The van der Waals surface area contributed by atoms with Gasteiger partial charge >= 0.3 is 0 Å². The fourth-order valence-electron chi connectivity index (χ4n) is 6.56. The van der Waals surface area contributed by atoms with E-state index in [2.05, 4.69) is 91.0 Å². The minimum Gasteiger partial charge on any atom is -1.00 e. The van der Waals surface area contributed by atoms with Crippen molar-refractivity contribution in [3.8, 4) is 0 Å². The number of hydrogen-bond acceptors (Lipinski definition) is 5. The number of aliphatic hydroxyl groups is 2. The van der Waals surface area contributed by atoms with Gasteiger partial charge < -0.3 is 27.5 Å². The van der Waals surface area contributed by atoms with Crippen LogP contribution >= 0.6 is 7.26 Å². The number of rotatable bonds is 20. The van der Waals surface area contributed by atoms with Crippen LogP contribution in [0.4, 0.5) is 5.69 Å². The summed E-state index contributed by atoms with van der Waals surface area (Å²) in [4.78, 5) is 24.6. The Morgan fingerprint density at radius 3 is 1.51 bits per heavy atom. The maximum absolute atomic E-state index is 12.8. The Morgan fingerprint density at radius 2 is 1.10 bits per heavy atom. The Bertz CT molecular complexity index is 1430. The molecule has 0 radical (unpaired) electrons. The van der Waals surface area contributed by atoms with Gasteiger partial charge in [0.1, 0.15) is 29.3 Å². The summed E-state index contributed by atoms with van der Waals surface area (Å²) in [5, 5.41) is 35.9. The van der Waals surface area contributed by atoms with Crippen molar-refractivity contribution in [2.75, 3.05) is 19.8 Å². The van der Waals surface area contributed by atoms with Crippen LogP contribution in [0.5, 0.6) is 0 Å². The van der Waals surface area contributed by atoms with E-state index in [4.69, 9.17) is 0 Å². The predicted molar refractivity (Wildman–Crippen MR) is 198 cm³/mol. The predicted octanol–water partition coefficient (Wildman–Crippen LogP) is 4.35. The summed E-state index contributed by atoms with van der Waals surface area (Å²) < 4.78 is 0. The molecule has 9 heteroatoms. The number of likely N-dealkylation sites (N-methyl/N-ethyl adjacent to an activating group) is 1. The van der Waals surface area contributed by atoms with Gasteiger partial charge in [-0.05, 0) is 73.4 Å². The number of nitro benzene ring substituents is 1. The fraction of sp³-hybridized carbons (Fsp3) is 0.375. The zero-order chi connectivity index (χ0) is 34.2. The van der Waals surface area contributed by atoms with Crippen molar-refractivity contribution in [1.82, 2.24) is 4.90 Å². The maximum atomic E-state index is 12.8. The lowest BCUT2D eigenvalue weighted by molar-refractivity contribution is -0.384. The van der Waals surface area contributed by atoms with Gasteiger partial charge in [0.05, 0.1) is 23.7 Å². The highest BCUT2D eigenvalue weighted by atomic mass is 35.5. The summed E-state index contributed by atoms with van der Waals surface area (Å²) in [6, 6.07) is 38.0. The number of aliphatic hydroxyl groups excluding tert-OH is 2. The van der Waals surface area contributed by atoms with E-state index in [1.807, 2.05) is 0 Å². The van der Waals surface area contributed by atoms with Crippen molar-refractivity contribution in [2.24, 2.45) is 0 Å². The molecule has 7 nitrogen and oxygen atoms in total. The van der Waals surface area contributed by atoms with Gasteiger partial charge in [-0.2, -0.15) is 0 Å². The van der Waals surface area contributed by atoms with Crippen LogP contribution in [0.1, 0.15) is 75.9 Å². The smallest absolute Gasteiger partial charge is 0.269 e. The number of nitrogens with zero attached hydrogens (tertiary/aromatic N) is 2. The van der Waals surface area contributed by atoms with Gasteiger partial charge in [-0.15, -0.1) is 0 Å². The lowest BCUT2D eigenvalue weighted by Gasteiger charge is -2.31. The topological polar surface area (TPSA) is 104 Å². The summed E-state index contributed by atoms with van der Waals surface area (Å²) in [6.07, 6.45) is 10.4. The Kier molecular flexibility index (Phi) is 16.9. The first kappa shape index (κ1) is 39.8. The molecule has 4 aromatic rings. The van der Waals surface area contributed by atoms with Crippen molar-refractivity contribution in [1.29, 1.82) is 0 Å². The van der Waals surface area contributed by atoms with Crippen LogP contribution in [0.15, 0.2) is 115 Å². The number of non-ortho nitro benzene ring substituents is 1. The monoisotopic (exact) mass is 704 g/mol. The first-order valence-electron chi connectivity index (χ1n) is 17.2. The zero-order valence-electron chi connectivity index (χ0n) is 28.4. The molecule has 0 saturated carbocycles. The second-order valence-corrected chi connectivity index (χ2v) is 16.1. The lowest BCUT2D eigenvalue weighted by atomic mass is 10.0. The number of benzene rings is 4. The molecule has 2 N–H and O–H groups in total. The molecule has 4 rings (SSSR count). The highest BCUT2D eigenvalue weighted by molar-refractivity contribution is 7.95. The molecule has 0 heterocycles. The molecule has 0 aliphatic rings. The van der Waals surface area contributed by atoms with E-state index < -0.39 is 30.9 Å². The Hall–Kier alpha value is -3.61. The van der Waals surface area contributed by atoms with Gasteiger partial charge in [0.25, 0.3) is 5.69 Å². The molecule has 0 bridgehead atoms. The van der Waals surface area contributed by atoms with Crippen molar-refractivity contribution in [3.63, 3.8) is 0 Å². The molecule has 0 spiro atoms. The lowest BCUT2D eigenvalue weighted by Crippen LogP contribution is -3.00. The molecule has 0 fully saturated rings. The minimum atomic E-state index is -1.76. The Morgan fingerprint density at radius 1 is 0.694 bits per heavy atom. The van der Waals surface area contributed by atoms with Crippen molar-refractivity contribution < 1.29 is 32.3 Å². The van der Waals surface area contributed by atoms with Crippen LogP contribution in [0.3, 0.4) is 0 Å². The van der Waals surface area contributed by atoms with Gasteiger partial charge in [0, 0.05) is 25.6 Å². The van der Waals surface area contributed by atoms with Gasteiger partial charge in [-0.3, -0.25) is 14.9 Å². The Balaban J connectivity index is 0.00000650. The molecular formula is C40H50ClN2O5P. The highest BCUT2D eigenvalue weighted by Gasteiger charge is 2.44. The summed E-state index contributed by atoms with van der Waals surface area (Å²) in [6.45, 7) is -0.409. The summed E-state index contributed by atoms with van der Waals surface area (Å²) in [7, 11) is -0.172. The highest BCUT2D eigenvalue weighted by Crippen LogP contribution is 2.56. The molecule has 49 heavy (non-hydrogen) atoms. The van der Waals surface area contributed by atoms with E-state index in [0.29, 0.717) is 12.0 Å². The number of halogens is 1. The van der Waals surface area contributed by atoms with E-state index >= 15 is 0 Å². The largest absolute Gasteiger partial charge is 1.00 e. The third kappa shape index (κ3) is 10.9. The first-order valence-corrected chi connectivity index (χ1v) is 19.2. The van der Waals surface area contributed by atoms with Crippen molar-refractivity contribution in [3.05, 3.63) is 131 Å². The number of unbranched alkanes of at least 4 members (excludes halogenated alkanes) is 8. The van der Waals surface area contributed by atoms with Gasteiger partial charge in [-0.1, -0.05) is 93.1 Å². The van der Waals surface area contributed by atoms with E-state index in [-0.39, 0.29) is 24.0 Å². The van der Waals surface area contributed by atoms with Gasteiger partial charge in [-0.25, -0.2) is 0 Å². The van der Waals surface area contributed by atoms with Crippen molar-refractivity contribution >= 4 is 34.8 Å². The van der Waals surface area contributed by atoms with E-state index in [9.17, 15) is 25.1 Å². The average Bonchev–Trinajstić information content (AvgIpc) is 3.13. The molecule has 0 aliphatic heterocycles. The fourth-order valence-corrected chi connectivity index (χ4v) is 11.0. The van der Waals surface area contributed by atoms with Crippen LogP contribution in [0, 0.1) is 10.1 Å². The van der Waals surface area contributed by atoms with Gasteiger partial charge in [0.15, 0.2) is 0 Å². The molecule has 0 aliphatic carbocycles. The minimum absolute atomic E-state index is 0. The number of amides is 1. The van der Waals surface area contributed by atoms with Crippen LogP contribution in [-0.4, -0.2) is 51.8 Å². The molecule has 0 saturated heterocycles. The molecule has 0 aromatic heterocycles. The van der Waals surface area contributed by atoms with E-state index in [0.717, 1.165) is 31.8 Å². The molecule has 4 aromatic carbocycles. The third-order valence-corrected chi connectivity index (χ3v) is 13.9. The van der Waals surface area contributed by atoms with E-state index in [1.54, 1.807) is 7.05 Å². The standard InChI is InChI=1S/C40H50N2O5P.ClH/c1-41(38(32-43)40(45)33-27-29-34(30-28-33)42(46)47)39(44)26-18-7-5-3-2-4-6-8-19-31-48(35-20-12-9-13-21-35,36-22-14-10-15-23-36)37-24-16-11-17-25-37;/h9-17,20-25,27-30,38,40,43,45H,2-8,18-19,26,31-32H2,1H3;1H/q+1;/p-1/t38-,40-;/m1./s1. The number of hydrogen-bond donors (Lipinski definition) is 2. The molecular weight excluding hydrogens is 655 g/mol. The molecule has 262 valence electrons.